The molecule has 6 heteroatoms. The Morgan fingerprint density at radius 2 is 2.38 bits per heavy atom. The van der Waals surface area contributed by atoms with E-state index in [1.807, 2.05) is 13.0 Å². The number of halogens is 1. The summed E-state index contributed by atoms with van der Waals surface area (Å²) >= 11 is 7.22. The predicted molar refractivity (Wildman–Crippen MR) is 65.7 cm³/mol. The molecule has 0 amide bonds. The Bertz CT molecular complexity index is 545. The molecule has 0 bridgehead atoms. The third-order valence-corrected chi connectivity index (χ3v) is 3.12. The van der Waals surface area contributed by atoms with E-state index in [9.17, 15) is 0 Å². The summed E-state index contributed by atoms with van der Waals surface area (Å²) in [5.74, 6) is 0. The number of rotatable bonds is 3. The normalized spacial score (nSPS) is 12.3. The molecule has 0 saturated carbocycles. The zero-order valence-corrected chi connectivity index (χ0v) is 10.1. The van der Waals surface area contributed by atoms with Crippen LogP contribution in [-0.2, 0) is 0 Å². The predicted octanol–water partition coefficient (Wildman–Crippen LogP) is 3.06. The van der Waals surface area contributed by atoms with Crippen molar-refractivity contribution in [2.75, 3.05) is 5.32 Å². The van der Waals surface area contributed by atoms with Crippen LogP contribution in [0.25, 0.3) is 11.0 Å². The number of hydrogen-bond donors (Lipinski definition) is 1. The summed E-state index contributed by atoms with van der Waals surface area (Å²) in [5, 5.41) is 12.6. The highest BCUT2D eigenvalue weighted by atomic mass is 35.5. The summed E-state index contributed by atoms with van der Waals surface area (Å²) in [7, 11) is 0. The van der Waals surface area contributed by atoms with E-state index in [0.29, 0.717) is 17.1 Å². The molecule has 0 aliphatic carbocycles. The molecule has 0 fully saturated rings. The number of nitrogens with zero attached hydrogens (tertiary/aromatic N) is 3. The Morgan fingerprint density at radius 1 is 1.56 bits per heavy atom. The van der Waals surface area contributed by atoms with Crippen molar-refractivity contribution in [3.8, 4) is 6.07 Å². The number of fused-ring (bicyclic) bond motifs is 1. The van der Waals surface area contributed by atoms with Crippen molar-refractivity contribution in [3.05, 3.63) is 17.2 Å². The van der Waals surface area contributed by atoms with Gasteiger partial charge in [-0.1, -0.05) is 18.5 Å². The second kappa shape index (κ2) is 4.64. The number of aromatic nitrogens is 2. The first-order valence-electron chi connectivity index (χ1n) is 4.83. The van der Waals surface area contributed by atoms with Gasteiger partial charge in [-0.3, -0.25) is 0 Å². The van der Waals surface area contributed by atoms with Gasteiger partial charge in [-0.05, 0) is 18.6 Å². The summed E-state index contributed by atoms with van der Waals surface area (Å²) in [6.45, 7) is 1.94. The highest BCUT2D eigenvalue weighted by molar-refractivity contribution is 7.00. The molecule has 82 valence electrons. The second-order valence-electron chi connectivity index (χ2n) is 3.29. The lowest BCUT2D eigenvalue weighted by atomic mass is 10.2. The van der Waals surface area contributed by atoms with Crippen LogP contribution < -0.4 is 5.32 Å². The summed E-state index contributed by atoms with van der Waals surface area (Å²) in [6, 6.07) is 5.49. The van der Waals surface area contributed by atoms with E-state index in [4.69, 9.17) is 16.9 Å². The third-order valence-electron chi connectivity index (χ3n) is 2.26. The van der Waals surface area contributed by atoms with Gasteiger partial charge in [0, 0.05) is 0 Å². The Morgan fingerprint density at radius 3 is 3.06 bits per heavy atom. The molecular weight excluding hydrogens is 244 g/mol. The Hall–Kier alpha value is -1.38. The minimum Gasteiger partial charge on any atom is -0.367 e. The lowest BCUT2D eigenvalue weighted by Gasteiger charge is -2.12. The van der Waals surface area contributed by atoms with Crippen molar-refractivity contribution in [1.29, 1.82) is 5.26 Å². The number of nitrogens with one attached hydrogen (secondary N) is 1. The molecule has 1 aromatic heterocycles. The zero-order chi connectivity index (χ0) is 11.5. The average Bonchev–Trinajstić information content (AvgIpc) is 2.76. The van der Waals surface area contributed by atoms with Crippen molar-refractivity contribution in [2.24, 2.45) is 0 Å². The molecule has 0 aliphatic rings. The van der Waals surface area contributed by atoms with E-state index >= 15 is 0 Å². The molecule has 1 N–H and O–H groups in total. The molecule has 16 heavy (non-hydrogen) atoms. The molecule has 1 atom stereocenters. The highest BCUT2D eigenvalue weighted by Crippen LogP contribution is 2.30. The number of anilines is 1. The van der Waals surface area contributed by atoms with E-state index in [2.05, 4.69) is 20.1 Å². The van der Waals surface area contributed by atoms with Crippen molar-refractivity contribution < 1.29 is 0 Å². The number of nitriles is 1. The van der Waals surface area contributed by atoms with Gasteiger partial charge in [0.2, 0.25) is 0 Å². The van der Waals surface area contributed by atoms with Gasteiger partial charge in [-0.2, -0.15) is 14.0 Å². The molecule has 1 heterocycles. The van der Waals surface area contributed by atoms with Crippen LogP contribution in [0.2, 0.25) is 5.02 Å². The van der Waals surface area contributed by atoms with Crippen LogP contribution in [0, 0.1) is 11.3 Å². The number of hydrogen-bond acceptors (Lipinski definition) is 5. The Kier molecular flexibility index (Phi) is 3.22. The topological polar surface area (TPSA) is 61.6 Å². The molecule has 0 saturated heterocycles. The summed E-state index contributed by atoms with van der Waals surface area (Å²) in [5.41, 5.74) is 2.22. The van der Waals surface area contributed by atoms with E-state index < -0.39 is 0 Å². The lowest BCUT2D eigenvalue weighted by Crippen LogP contribution is -2.16. The molecule has 0 aliphatic heterocycles. The van der Waals surface area contributed by atoms with Gasteiger partial charge in [0.25, 0.3) is 0 Å². The van der Waals surface area contributed by atoms with Crippen LogP contribution in [0.1, 0.15) is 13.3 Å². The molecular formula is C10H9ClN4S. The molecule has 2 aromatic rings. The first kappa shape index (κ1) is 11.1. The van der Waals surface area contributed by atoms with E-state index in [-0.39, 0.29) is 6.04 Å². The van der Waals surface area contributed by atoms with Crippen LogP contribution in [0.3, 0.4) is 0 Å². The van der Waals surface area contributed by atoms with Crippen molar-refractivity contribution in [3.63, 3.8) is 0 Å². The maximum absolute atomic E-state index is 8.91. The molecule has 0 radical (unpaired) electrons. The van der Waals surface area contributed by atoms with Crippen molar-refractivity contribution in [1.82, 2.24) is 8.75 Å². The minimum atomic E-state index is -0.259. The zero-order valence-electron chi connectivity index (χ0n) is 8.57. The Balaban J connectivity index is 2.46. The molecule has 4 nitrogen and oxygen atoms in total. The molecule has 1 aromatic carbocycles. The monoisotopic (exact) mass is 252 g/mol. The maximum atomic E-state index is 8.91. The minimum absolute atomic E-state index is 0.259. The van der Waals surface area contributed by atoms with Crippen LogP contribution >= 0.6 is 23.3 Å². The first-order chi connectivity index (χ1) is 7.76. The fraction of sp³-hybridized carbons (Fsp3) is 0.300. The quantitative estimate of drug-likeness (QED) is 0.912. The molecule has 0 spiro atoms. The van der Waals surface area contributed by atoms with Gasteiger partial charge in [-0.25, -0.2) is 0 Å². The van der Waals surface area contributed by atoms with Gasteiger partial charge in [0.1, 0.15) is 17.1 Å². The van der Waals surface area contributed by atoms with Gasteiger partial charge >= 0.3 is 0 Å². The second-order valence-corrected chi connectivity index (χ2v) is 4.22. The van der Waals surface area contributed by atoms with Gasteiger partial charge in [0.05, 0.1) is 28.5 Å². The molecule has 1 unspecified atom stereocenters. The van der Waals surface area contributed by atoms with Gasteiger partial charge < -0.3 is 5.32 Å². The van der Waals surface area contributed by atoms with Crippen LogP contribution in [0.5, 0.6) is 0 Å². The maximum Gasteiger partial charge on any atom is 0.129 e. The van der Waals surface area contributed by atoms with Crippen molar-refractivity contribution in [2.45, 2.75) is 19.4 Å². The van der Waals surface area contributed by atoms with E-state index in [0.717, 1.165) is 22.8 Å². The standard InChI is InChI=1S/C10H9ClN4S/c1-2-6(5-12)13-9-7(11)3-4-8-10(9)15-16-14-8/h3-4,6,13H,2H2,1H3. The van der Waals surface area contributed by atoms with Crippen LogP contribution in [0.15, 0.2) is 12.1 Å². The summed E-state index contributed by atoms with van der Waals surface area (Å²) in [4.78, 5) is 0. The summed E-state index contributed by atoms with van der Waals surface area (Å²) < 4.78 is 8.30. The van der Waals surface area contributed by atoms with Gasteiger partial charge in [0.15, 0.2) is 0 Å². The largest absolute Gasteiger partial charge is 0.367 e. The van der Waals surface area contributed by atoms with Crippen LogP contribution in [-0.4, -0.2) is 14.8 Å². The molecule has 2 rings (SSSR count). The van der Waals surface area contributed by atoms with Crippen molar-refractivity contribution >= 4 is 40.0 Å². The Labute approximate surface area is 102 Å². The average molecular weight is 253 g/mol. The van der Waals surface area contributed by atoms with Gasteiger partial charge in [-0.15, -0.1) is 0 Å². The fourth-order valence-corrected chi connectivity index (χ4v) is 2.11. The van der Waals surface area contributed by atoms with E-state index in [1.165, 1.54) is 0 Å². The SMILES string of the molecule is CCC(C#N)Nc1c(Cl)ccc2nsnc12. The fourth-order valence-electron chi connectivity index (χ4n) is 1.36. The smallest absolute Gasteiger partial charge is 0.129 e. The number of benzene rings is 1. The highest BCUT2D eigenvalue weighted by Gasteiger charge is 2.13. The van der Waals surface area contributed by atoms with E-state index in [1.54, 1.807) is 6.07 Å². The first-order valence-corrected chi connectivity index (χ1v) is 5.94. The third kappa shape index (κ3) is 1.94. The van der Waals surface area contributed by atoms with Crippen LogP contribution in [0.4, 0.5) is 5.69 Å². The lowest BCUT2D eigenvalue weighted by molar-refractivity contribution is 0.846. The summed E-state index contributed by atoms with van der Waals surface area (Å²) in [6.07, 6.45) is 0.709.